The second-order valence-electron chi connectivity index (χ2n) is 4.83. The lowest BCUT2D eigenvalue weighted by molar-refractivity contribution is -0.135. The number of halogens is 1. The molecule has 0 radical (unpaired) electrons. The maximum Gasteiger partial charge on any atom is 0.246 e. The van der Waals surface area contributed by atoms with Crippen LogP contribution in [0.15, 0.2) is 24.3 Å². The molecular formula is C15H22FNO3. The molecule has 0 aromatic heterocycles. The van der Waals surface area contributed by atoms with Crippen molar-refractivity contribution < 1.29 is 19.1 Å². The lowest BCUT2D eigenvalue weighted by atomic mass is 9.92. The molecule has 1 rings (SSSR count). The zero-order chi connectivity index (χ0) is 15.0. The monoisotopic (exact) mass is 283 g/mol. The van der Waals surface area contributed by atoms with Crippen LogP contribution in [0.1, 0.15) is 44.3 Å². The zero-order valence-corrected chi connectivity index (χ0v) is 11.9. The summed E-state index contributed by atoms with van der Waals surface area (Å²) in [4.78, 5) is 11.7. The van der Waals surface area contributed by atoms with Gasteiger partial charge in [0.05, 0.1) is 6.10 Å². The van der Waals surface area contributed by atoms with Crippen LogP contribution in [0.5, 0.6) is 0 Å². The molecule has 0 unspecified atom stereocenters. The van der Waals surface area contributed by atoms with Crippen molar-refractivity contribution in [2.24, 2.45) is 5.92 Å². The Hall–Kier alpha value is -1.46. The quantitative estimate of drug-likeness (QED) is 0.569. The van der Waals surface area contributed by atoms with E-state index in [2.05, 4.69) is 0 Å². The number of hydrogen-bond donors (Lipinski definition) is 2. The van der Waals surface area contributed by atoms with Crippen molar-refractivity contribution in [2.75, 3.05) is 7.11 Å². The highest BCUT2D eigenvalue weighted by Crippen LogP contribution is 2.27. The summed E-state index contributed by atoms with van der Waals surface area (Å²) in [6.45, 7) is 2.04. The Bertz CT molecular complexity index is 408. The van der Waals surface area contributed by atoms with Crippen molar-refractivity contribution in [3.63, 3.8) is 0 Å². The van der Waals surface area contributed by atoms with Gasteiger partial charge in [0.2, 0.25) is 5.91 Å². The first-order valence-electron chi connectivity index (χ1n) is 6.84. The molecule has 4 nitrogen and oxygen atoms in total. The van der Waals surface area contributed by atoms with Crippen LogP contribution in [-0.4, -0.2) is 18.2 Å². The molecule has 0 saturated carbocycles. The Balaban J connectivity index is 2.76. The summed E-state index contributed by atoms with van der Waals surface area (Å²) < 4.78 is 18.3. The van der Waals surface area contributed by atoms with Crippen LogP contribution in [0.3, 0.4) is 0 Å². The number of carbonyl (C=O) groups is 1. The van der Waals surface area contributed by atoms with Gasteiger partial charge < -0.3 is 4.74 Å². The number of unbranched alkanes of at least 4 members (excludes halogenated alkanes) is 1. The summed E-state index contributed by atoms with van der Waals surface area (Å²) in [7, 11) is 1.56. The average molecular weight is 283 g/mol. The van der Waals surface area contributed by atoms with Crippen LogP contribution < -0.4 is 5.48 Å². The normalized spacial score (nSPS) is 13.8. The van der Waals surface area contributed by atoms with Gasteiger partial charge in [-0.15, -0.1) is 0 Å². The van der Waals surface area contributed by atoms with E-state index >= 15 is 0 Å². The molecule has 2 atom stereocenters. The van der Waals surface area contributed by atoms with Crippen LogP contribution in [0.2, 0.25) is 0 Å². The number of hydrogen-bond acceptors (Lipinski definition) is 3. The fourth-order valence-corrected chi connectivity index (χ4v) is 2.20. The van der Waals surface area contributed by atoms with E-state index in [9.17, 15) is 9.18 Å². The fraction of sp³-hybridized carbons (Fsp3) is 0.533. The smallest absolute Gasteiger partial charge is 0.246 e. The molecule has 1 aromatic carbocycles. The van der Waals surface area contributed by atoms with E-state index in [1.165, 1.54) is 12.1 Å². The third-order valence-electron chi connectivity index (χ3n) is 3.41. The minimum absolute atomic E-state index is 0.297. The standard InChI is InChI=1S/C15H22FNO3/c1-3-4-5-12(15(18)17-19)10-14(20-2)11-6-8-13(16)9-7-11/h6-9,12,14,19H,3-5,10H2,1-2H3,(H,17,18)/t12-,14-/m0/s1. The van der Waals surface area contributed by atoms with Crippen molar-refractivity contribution in [3.8, 4) is 0 Å². The Kier molecular flexibility index (Phi) is 7.18. The average Bonchev–Trinajstić information content (AvgIpc) is 2.48. The molecule has 0 heterocycles. The second-order valence-corrected chi connectivity index (χ2v) is 4.83. The van der Waals surface area contributed by atoms with E-state index in [4.69, 9.17) is 9.94 Å². The summed E-state index contributed by atoms with van der Waals surface area (Å²) in [5.41, 5.74) is 2.53. The Morgan fingerprint density at radius 2 is 2.05 bits per heavy atom. The van der Waals surface area contributed by atoms with E-state index in [0.717, 1.165) is 18.4 Å². The first kappa shape index (κ1) is 16.6. The highest BCUT2D eigenvalue weighted by atomic mass is 19.1. The van der Waals surface area contributed by atoms with Gasteiger partial charge in [-0.1, -0.05) is 31.9 Å². The Labute approximate surface area is 118 Å². The number of rotatable bonds is 8. The minimum Gasteiger partial charge on any atom is -0.377 e. The summed E-state index contributed by atoms with van der Waals surface area (Å²) >= 11 is 0. The largest absolute Gasteiger partial charge is 0.377 e. The van der Waals surface area contributed by atoms with Crippen LogP contribution in [0.4, 0.5) is 4.39 Å². The summed E-state index contributed by atoms with van der Waals surface area (Å²) in [6, 6.07) is 6.04. The number of benzene rings is 1. The number of hydroxylamine groups is 1. The Morgan fingerprint density at radius 3 is 2.55 bits per heavy atom. The van der Waals surface area contributed by atoms with Crippen molar-refractivity contribution in [2.45, 2.75) is 38.7 Å². The van der Waals surface area contributed by atoms with Gasteiger partial charge in [-0.2, -0.15) is 0 Å². The second kappa shape index (κ2) is 8.66. The highest BCUT2D eigenvalue weighted by molar-refractivity contribution is 5.77. The maximum absolute atomic E-state index is 12.9. The lowest BCUT2D eigenvalue weighted by Crippen LogP contribution is -2.29. The van der Waals surface area contributed by atoms with Gasteiger partial charge in [0.25, 0.3) is 0 Å². The third kappa shape index (κ3) is 4.90. The predicted molar refractivity (Wildman–Crippen MR) is 73.7 cm³/mol. The van der Waals surface area contributed by atoms with Gasteiger partial charge in [-0.05, 0) is 30.5 Å². The lowest BCUT2D eigenvalue weighted by Gasteiger charge is -2.21. The van der Waals surface area contributed by atoms with Crippen molar-refractivity contribution in [1.82, 2.24) is 5.48 Å². The highest BCUT2D eigenvalue weighted by Gasteiger charge is 2.23. The Morgan fingerprint density at radius 1 is 1.40 bits per heavy atom. The number of carbonyl (C=O) groups excluding carboxylic acids is 1. The van der Waals surface area contributed by atoms with E-state index < -0.39 is 5.91 Å². The molecule has 0 spiro atoms. The molecule has 0 aliphatic heterocycles. The number of nitrogens with one attached hydrogen (secondary N) is 1. The minimum atomic E-state index is -0.400. The first-order chi connectivity index (χ1) is 9.62. The van der Waals surface area contributed by atoms with Crippen molar-refractivity contribution >= 4 is 5.91 Å². The number of ether oxygens (including phenoxy) is 1. The third-order valence-corrected chi connectivity index (χ3v) is 3.41. The van der Waals surface area contributed by atoms with E-state index in [0.29, 0.717) is 12.8 Å². The summed E-state index contributed by atoms with van der Waals surface area (Å²) in [6.07, 6.45) is 2.72. The topological polar surface area (TPSA) is 58.6 Å². The maximum atomic E-state index is 12.9. The predicted octanol–water partition coefficient (Wildman–Crippen LogP) is 3.22. The molecule has 0 aliphatic carbocycles. The van der Waals surface area contributed by atoms with Crippen LogP contribution in [0, 0.1) is 11.7 Å². The van der Waals surface area contributed by atoms with E-state index in [1.807, 2.05) is 6.92 Å². The first-order valence-corrected chi connectivity index (χ1v) is 6.84. The zero-order valence-electron chi connectivity index (χ0n) is 11.9. The van der Waals surface area contributed by atoms with Crippen LogP contribution in [-0.2, 0) is 9.53 Å². The van der Waals surface area contributed by atoms with Gasteiger partial charge in [0.15, 0.2) is 0 Å². The van der Waals surface area contributed by atoms with Gasteiger partial charge >= 0.3 is 0 Å². The fourth-order valence-electron chi connectivity index (χ4n) is 2.20. The molecule has 1 aromatic rings. The number of amides is 1. The van der Waals surface area contributed by atoms with Gasteiger partial charge in [-0.25, -0.2) is 9.87 Å². The molecule has 1 amide bonds. The van der Waals surface area contributed by atoms with Crippen LogP contribution >= 0.6 is 0 Å². The van der Waals surface area contributed by atoms with Crippen molar-refractivity contribution in [1.29, 1.82) is 0 Å². The number of methoxy groups -OCH3 is 1. The van der Waals surface area contributed by atoms with Crippen molar-refractivity contribution in [3.05, 3.63) is 35.6 Å². The molecule has 5 heteroatoms. The SMILES string of the molecule is CCCC[C@@H](C[C@H](OC)c1ccc(F)cc1)C(=O)NO. The molecule has 2 N–H and O–H groups in total. The summed E-state index contributed by atoms with van der Waals surface area (Å²) in [5.74, 6) is -1.03. The van der Waals surface area contributed by atoms with Gasteiger partial charge in [0.1, 0.15) is 5.82 Å². The van der Waals surface area contributed by atoms with E-state index in [-0.39, 0.29) is 17.8 Å². The van der Waals surface area contributed by atoms with E-state index in [1.54, 1.807) is 24.7 Å². The molecule has 0 fully saturated rings. The molecule has 0 bridgehead atoms. The molecule has 20 heavy (non-hydrogen) atoms. The molecular weight excluding hydrogens is 261 g/mol. The summed E-state index contributed by atoms with van der Waals surface area (Å²) in [5, 5.41) is 8.81. The van der Waals surface area contributed by atoms with Gasteiger partial charge in [0, 0.05) is 13.0 Å². The van der Waals surface area contributed by atoms with Crippen LogP contribution in [0.25, 0.3) is 0 Å². The molecule has 112 valence electrons. The molecule has 0 saturated heterocycles. The molecule has 0 aliphatic rings. The van der Waals surface area contributed by atoms with Gasteiger partial charge in [-0.3, -0.25) is 10.0 Å².